The van der Waals surface area contributed by atoms with Crippen molar-refractivity contribution < 1.29 is 9.52 Å². The second-order valence-corrected chi connectivity index (χ2v) is 4.20. The van der Waals surface area contributed by atoms with Gasteiger partial charge in [-0.05, 0) is 30.7 Å². The van der Waals surface area contributed by atoms with Crippen LogP contribution < -0.4 is 0 Å². The molecule has 17 heavy (non-hydrogen) atoms. The van der Waals surface area contributed by atoms with Crippen LogP contribution in [0.3, 0.4) is 0 Å². The van der Waals surface area contributed by atoms with E-state index in [1.807, 2.05) is 44.3 Å². The summed E-state index contributed by atoms with van der Waals surface area (Å²) in [5, 5.41) is 10.0. The summed E-state index contributed by atoms with van der Waals surface area (Å²) >= 11 is 0. The second kappa shape index (κ2) is 5.15. The number of aryl methyl sites for hydroxylation is 2. The van der Waals surface area contributed by atoms with E-state index in [-0.39, 0.29) is 0 Å². The molecule has 2 aromatic heterocycles. The topological polar surface area (TPSA) is 46.3 Å². The maximum Gasteiger partial charge on any atom is 0.133 e. The summed E-state index contributed by atoms with van der Waals surface area (Å²) in [5.41, 5.74) is 1.99. The van der Waals surface area contributed by atoms with Crippen LogP contribution in [0.4, 0.5) is 0 Å². The number of aromatic nitrogens is 1. The van der Waals surface area contributed by atoms with Crippen molar-refractivity contribution in [3.63, 3.8) is 0 Å². The van der Waals surface area contributed by atoms with Crippen LogP contribution in [0, 0.1) is 6.92 Å². The minimum absolute atomic E-state index is 0.483. The molecule has 0 aliphatic heterocycles. The van der Waals surface area contributed by atoms with E-state index in [4.69, 9.17) is 4.42 Å². The Morgan fingerprint density at radius 1 is 1.29 bits per heavy atom. The molecular weight excluding hydrogens is 214 g/mol. The van der Waals surface area contributed by atoms with Gasteiger partial charge in [0.05, 0.1) is 0 Å². The second-order valence-electron chi connectivity index (χ2n) is 4.20. The molecule has 1 N–H and O–H groups in total. The van der Waals surface area contributed by atoms with Crippen LogP contribution in [-0.2, 0) is 12.8 Å². The number of aliphatic hydroxyl groups is 1. The number of hydrogen-bond donors (Lipinski definition) is 1. The van der Waals surface area contributed by atoms with E-state index in [2.05, 4.69) is 4.98 Å². The molecule has 0 aromatic carbocycles. The maximum absolute atomic E-state index is 10.0. The first kappa shape index (κ1) is 11.9. The average molecular weight is 231 g/mol. The highest BCUT2D eigenvalue weighted by Crippen LogP contribution is 2.20. The number of hydrogen-bond acceptors (Lipinski definition) is 3. The monoisotopic (exact) mass is 231 g/mol. The van der Waals surface area contributed by atoms with E-state index < -0.39 is 6.10 Å². The van der Waals surface area contributed by atoms with Crippen LogP contribution in [-0.4, -0.2) is 10.1 Å². The summed E-state index contributed by atoms with van der Waals surface area (Å²) < 4.78 is 5.51. The molecule has 2 heterocycles. The standard InChI is InChI=1S/C14H17NO2/c1-3-12-6-7-14(17-12)13(16)8-11-5-4-10(2)9-15-11/h4-7,9,13,16H,3,8H2,1-2H3. The van der Waals surface area contributed by atoms with Crippen LogP contribution in [0.15, 0.2) is 34.9 Å². The smallest absolute Gasteiger partial charge is 0.133 e. The van der Waals surface area contributed by atoms with Gasteiger partial charge < -0.3 is 9.52 Å². The fourth-order valence-electron chi connectivity index (χ4n) is 1.68. The highest BCUT2D eigenvalue weighted by molar-refractivity contribution is 5.15. The van der Waals surface area contributed by atoms with Gasteiger partial charge in [0.1, 0.15) is 17.6 Å². The van der Waals surface area contributed by atoms with Gasteiger partial charge in [-0.25, -0.2) is 0 Å². The minimum atomic E-state index is -0.620. The molecule has 2 aromatic rings. The van der Waals surface area contributed by atoms with Crippen LogP contribution in [0.2, 0.25) is 0 Å². The number of pyridine rings is 1. The van der Waals surface area contributed by atoms with Crippen molar-refractivity contribution in [3.8, 4) is 0 Å². The molecule has 0 radical (unpaired) electrons. The highest BCUT2D eigenvalue weighted by Gasteiger charge is 2.13. The van der Waals surface area contributed by atoms with Gasteiger partial charge in [0, 0.05) is 24.7 Å². The van der Waals surface area contributed by atoms with Crippen LogP contribution in [0.25, 0.3) is 0 Å². The quantitative estimate of drug-likeness (QED) is 0.880. The van der Waals surface area contributed by atoms with E-state index in [1.165, 1.54) is 0 Å². The van der Waals surface area contributed by atoms with Gasteiger partial charge in [0.25, 0.3) is 0 Å². The molecule has 2 rings (SSSR count). The number of nitrogens with zero attached hydrogens (tertiary/aromatic N) is 1. The maximum atomic E-state index is 10.0. The zero-order chi connectivity index (χ0) is 12.3. The summed E-state index contributed by atoms with van der Waals surface area (Å²) in [7, 11) is 0. The van der Waals surface area contributed by atoms with Gasteiger partial charge in [0.15, 0.2) is 0 Å². The third-order valence-corrected chi connectivity index (χ3v) is 2.73. The van der Waals surface area contributed by atoms with E-state index in [1.54, 1.807) is 0 Å². The Hall–Kier alpha value is -1.61. The molecule has 3 heteroatoms. The van der Waals surface area contributed by atoms with Crippen molar-refractivity contribution >= 4 is 0 Å². The molecular formula is C14H17NO2. The molecule has 0 saturated carbocycles. The molecule has 1 unspecified atom stereocenters. The van der Waals surface area contributed by atoms with Crippen molar-refractivity contribution in [2.45, 2.75) is 32.8 Å². The lowest BCUT2D eigenvalue weighted by Crippen LogP contribution is -2.02. The molecule has 0 bridgehead atoms. The normalized spacial score (nSPS) is 12.6. The summed E-state index contributed by atoms with van der Waals surface area (Å²) in [4.78, 5) is 4.27. The number of aliphatic hydroxyl groups excluding tert-OH is 1. The third-order valence-electron chi connectivity index (χ3n) is 2.73. The van der Waals surface area contributed by atoms with Gasteiger partial charge >= 0.3 is 0 Å². The Morgan fingerprint density at radius 3 is 2.71 bits per heavy atom. The molecule has 90 valence electrons. The van der Waals surface area contributed by atoms with Gasteiger partial charge in [-0.1, -0.05) is 13.0 Å². The summed E-state index contributed by atoms with van der Waals surface area (Å²) in [6, 6.07) is 7.66. The van der Waals surface area contributed by atoms with Gasteiger partial charge in [-0.3, -0.25) is 4.98 Å². The average Bonchev–Trinajstić information content (AvgIpc) is 2.81. The van der Waals surface area contributed by atoms with Crippen LogP contribution in [0.1, 0.15) is 35.8 Å². The Bertz CT molecular complexity index is 473. The Morgan fingerprint density at radius 2 is 2.12 bits per heavy atom. The van der Waals surface area contributed by atoms with E-state index in [0.29, 0.717) is 12.2 Å². The third kappa shape index (κ3) is 2.94. The molecule has 3 nitrogen and oxygen atoms in total. The first-order valence-electron chi connectivity index (χ1n) is 5.87. The number of rotatable bonds is 4. The summed E-state index contributed by atoms with van der Waals surface area (Å²) in [6.45, 7) is 4.02. The van der Waals surface area contributed by atoms with Crippen molar-refractivity contribution in [1.29, 1.82) is 0 Å². The Kier molecular flexibility index (Phi) is 3.59. The molecule has 0 amide bonds. The molecule has 0 aliphatic rings. The molecule has 0 fully saturated rings. The number of furan rings is 1. The van der Waals surface area contributed by atoms with E-state index in [9.17, 15) is 5.11 Å². The first-order valence-corrected chi connectivity index (χ1v) is 5.87. The highest BCUT2D eigenvalue weighted by atomic mass is 16.4. The zero-order valence-electron chi connectivity index (χ0n) is 10.2. The molecule has 1 atom stereocenters. The Balaban J connectivity index is 2.05. The lowest BCUT2D eigenvalue weighted by Gasteiger charge is -2.07. The van der Waals surface area contributed by atoms with Gasteiger partial charge in [-0.2, -0.15) is 0 Å². The van der Waals surface area contributed by atoms with Gasteiger partial charge in [0.2, 0.25) is 0 Å². The molecule has 0 saturated heterocycles. The SMILES string of the molecule is CCc1ccc(C(O)Cc2ccc(C)cn2)o1. The lowest BCUT2D eigenvalue weighted by atomic mass is 10.1. The first-order chi connectivity index (χ1) is 8.19. The largest absolute Gasteiger partial charge is 0.463 e. The lowest BCUT2D eigenvalue weighted by molar-refractivity contribution is 0.147. The van der Waals surface area contributed by atoms with Crippen molar-refractivity contribution in [3.05, 3.63) is 53.2 Å². The predicted octanol–water partition coefficient (Wildman–Crippen LogP) is 2.82. The zero-order valence-corrected chi connectivity index (χ0v) is 10.2. The van der Waals surface area contributed by atoms with Crippen molar-refractivity contribution in [1.82, 2.24) is 4.98 Å². The van der Waals surface area contributed by atoms with Crippen LogP contribution in [0.5, 0.6) is 0 Å². The fourth-order valence-corrected chi connectivity index (χ4v) is 1.68. The fraction of sp³-hybridized carbons (Fsp3) is 0.357. The minimum Gasteiger partial charge on any atom is -0.463 e. The summed E-state index contributed by atoms with van der Waals surface area (Å²) in [6.07, 6.45) is 2.51. The Labute approximate surface area is 101 Å². The van der Waals surface area contributed by atoms with Crippen molar-refractivity contribution in [2.24, 2.45) is 0 Å². The predicted molar refractivity (Wildman–Crippen MR) is 65.7 cm³/mol. The van der Waals surface area contributed by atoms with E-state index >= 15 is 0 Å². The van der Waals surface area contributed by atoms with Crippen LogP contribution >= 0.6 is 0 Å². The summed E-state index contributed by atoms with van der Waals surface area (Å²) in [5.74, 6) is 1.51. The van der Waals surface area contributed by atoms with Crippen molar-refractivity contribution in [2.75, 3.05) is 0 Å². The van der Waals surface area contributed by atoms with E-state index in [0.717, 1.165) is 23.4 Å². The molecule has 0 spiro atoms. The molecule has 0 aliphatic carbocycles. The van der Waals surface area contributed by atoms with Gasteiger partial charge in [-0.15, -0.1) is 0 Å².